The molecule has 0 radical (unpaired) electrons. The first kappa shape index (κ1) is 19.8. The third-order valence-electron chi connectivity index (χ3n) is 4.21. The Morgan fingerprint density at radius 3 is 2.56 bits per heavy atom. The van der Waals surface area contributed by atoms with Crippen LogP contribution >= 0.6 is 0 Å². The largest absolute Gasteiger partial charge is 0.379 e. The molecule has 1 fully saturated rings. The van der Waals surface area contributed by atoms with Crippen molar-refractivity contribution in [3.05, 3.63) is 29.3 Å². The van der Waals surface area contributed by atoms with Gasteiger partial charge in [-0.05, 0) is 25.5 Å². The van der Waals surface area contributed by atoms with Crippen molar-refractivity contribution in [2.24, 2.45) is 0 Å². The summed E-state index contributed by atoms with van der Waals surface area (Å²) in [6.07, 6.45) is 1.14. The molecule has 0 saturated carbocycles. The number of amides is 1. The zero-order valence-electron chi connectivity index (χ0n) is 15.1. The molecule has 0 bridgehead atoms. The molecule has 8 heteroatoms. The number of ether oxygens (including phenoxy) is 1. The van der Waals surface area contributed by atoms with Crippen LogP contribution in [0.2, 0.25) is 0 Å². The first-order chi connectivity index (χ1) is 11.8. The van der Waals surface area contributed by atoms with Crippen molar-refractivity contribution in [1.29, 1.82) is 0 Å². The molecule has 25 heavy (non-hydrogen) atoms. The fourth-order valence-corrected chi connectivity index (χ4v) is 3.51. The summed E-state index contributed by atoms with van der Waals surface area (Å²) in [5, 5.41) is 2.80. The molecule has 1 aliphatic heterocycles. The minimum absolute atomic E-state index is 0.184. The summed E-state index contributed by atoms with van der Waals surface area (Å²) < 4.78 is 30.5. The molecule has 0 spiro atoms. The van der Waals surface area contributed by atoms with Gasteiger partial charge in [-0.15, -0.1) is 0 Å². The summed E-state index contributed by atoms with van der Waals surface area (Å²) in [5.74, 6) is -0.334. The van der Waals surface area contributed by atoms with Gasteiger partial charge in [-0.25, -0.2) is 8.42 Å². The molecule has 1 heterocycles. The van der Waals surface area contributed by atoms with Crippen LogP contribution in [0, 0.1) is 13.8 Å². The van der Waals surface area contributed by atoms with Crippen molar-refractivity contribution < 1.29 is 17.9 Å². The van der Waals surface area contributed by atoms with Crippen LogP contribution in [-0.2, 0) is 19.6 Å². The van der Waals surface area contributed by atoms with Gasteiger partial charge in [0, 0.05) is 31.9 Å². The van der Waals surface area contributed by atoms with Crippen LogP contribution < -0.4 is 5.32 Å². The molecule has 1 amide bonds. The van der Waals surface area contributed by atoms with E-state index in [0.29, 0.717) is 32.0 Å². The third kappa shape index (κ3) is 6.39. The molecule has 2 rings (SSSR count). The molecule has 140 valence electrons. The number of nitrogens with one attached hydrogen (secondary N) is 1. The van der Waals surface area contributed by atoms with Gasteiger partial charge in [-0.1, -0.05) is 17.7 Å². The Kier molecular flexibility index (Phi) is 6.95. The summed E-state index contributed by atoms with van der Waals surface area (Å²) in [7, 11) is -3.46. The molecule has 1 saturated heterocycles. The summed E-state index contributed by atoms with van der Waals surface area (Å²) in [5.41, 5.74) is 2.77. The fraction of sp³-hybridized carbons (Fsp3) is 0.588. The van der Waals surface area contributed by atoms with E-state index in [2.05, 4.69) is 10.2 Å². The topological polar surface area (TPSA) is 79.0 Å². The quantitative estimate of drug-likeness (QED) is 0.770. The Morgan fingerprint density at radius 1 is 1.28 bits per heavy atom. The number of hydrogen-bond acceptors (Lipinski definition) is 5. The van der Waals surface area contributed by atoms with Crippen LogP contribution in [0.3, 0.4) is 0 Å². The van der Waals surface area contributed by atoms with Gasteiger partial charge >= 0.3 is 0 Å². The van der Waals surface area contributed by atoms with Crippen LogP contribution in [0.25, 0.3) is 0 Å². The van der Waals surface area contributed by atoms with Crippen LogP contribution in [0.15, 0.2) is 18.2 Å². The Hall–Kier alpha value is -1.48. The Balaban J connectivity index is 1.94. The predicted octanol–water partition coefficient (Wildman–Crippen LogP) is 0.836. The standard InChI is InChI=1S/C17H27N3O4S/c1-14-4-5-16(15(2)12-14)18-17(21)13-20(25(3,22)23)7-6-19-8-10-24-11-9-19/h4-5,12H,6-11,13H2,1-3H3,(H,18,21). The average Bonchev–Trinajstić information content (AvgIpc) is 2.54. The molecular weight excluding hydrogens is 342 g/mol. The highest BCUT2D eigenvalue weighted by Gasteiger charge is 2.22. The maximum atomic E-state index is 12.3. The van der Waals surface area contributed by atoms with E-state index < -0.39 is 10.0 Å². The van der Waals surface area contributed by atoms with Gasteiger partial charge in [0.15, 0.2) is 0 Å². The number of sulfonamides is 1. The second-order valence-corrected chi connectivity index (χ2v) is 8.40. The molecule has 0 atom stereocenters. The van der Waals surface area contributed by atoms with Crippen molar-refractivity contribution in [3.8, 4) is 0 Å². The van der Waals surface area contributed by atoms with Gasteiger partial charge in [0.25, 0.3) is 0 Å². The van der Waals surface area contributed by atoms with Crippen molar-refractivity contribution >= 4 is 21.6 Å². The Labute approximate surface area is 150 Å². The van der Waals surface area contributed by atoms with E-state index in [9.17, 15) is 13.2 Å². The molecule has 0 aromatic heterocycles. The first-order valence-electron chi connectivity index (χ1n) is 8.38. The molecule has 0 aliphatic carbocycles. The first-order valence-corrected chi connectivity index (χ1v) is 10.2. The number of aryl methyl sites for hydroxylation is 2. The lowest BCUT2D eigenvalue weighted by Gasteiger charge is -2.29. The number of rotatable bonds is 7. The number of nitrogens with zero attached hydrogens (tertiary/aromatic N) is 2. The molecule has 1 aliphatic rings. The zero-order valence-corrected chi connectivity index (χ0v) is 15.9. The number of anilines is 1. The van der Waals surface area contributed by atoms with E-state index in [1.54, 1.807) is 0 Å². The molecule has 1 aromatic carbocycles. The SMILES string of the molecule is Cc1ccc(NC(=O)CN(CCN2CCOCC2)S(C)(=O)=O)c(C)c1. The van der Waals surface area contributed by atoms with Crippen molar-refractivity contribution in [2.45, 2.75) is 13.8 Å². The smallest absolute Gasteiger partial charge is 0.239 e. The second kappa shape index (κ2) is 8.75. The fourth-order valence-electron chi connectivity index (χ4n) is 2.74. The van der Waals surface area contributed by atoms with E-state index in [0.717, 1.165) is 30.5 Å². The molecule has 1 aromatic rings. The van der Waals surface area contributed by atoms with Gasteiger partial charge in [0.2, 0.25) is 15.9 Å². The van der Waals surface area contributed by atoms with Crippen molar-refractivity contribution in [3.63, 3.8) is 0 Å². The number of hydrogen-bond donors (Lipinski definition) is 1. The summed E-state index contributed by atoms with van der Waals surface area (Å²) in [6.45, 7) is 7.48. The predicted molar refractivity (Wildman–Crippen MR) is 98.2 cm³/mol. The molecule has 0 unspecified atom stereocenters. The number of carbonyl (C=O) groups is 1. The van der Waals surface area contributed by atoms with Gasteiger partial charge < -0.3 is 10.1 Å². The molecular formula is C17H27N3O4S. The number of benzene rings is 1. The van der Waals surface area contributed by atoms with Crippen LogP contribution in [0.5, 0.6) is 0 Å². The number of morpholine rings is 1. The third-order valence-corrected chi connectivity index (χ3v) is 5.46. The van der Waals surface area contributed by atoms with Crippen LogP contribution in [0.1, 0.15) is 11.1 Å². The minimum atomic E-state index is -3.46. The molecule has 1 N–H and O–H groups in total. The lowest BCUT2D eigenvalue weighted by molar-refractivity contribution is -0.116. The minimum Gasteiger partial charge on any atom is -0.379 e. The second-order valence-electron chi connectivity index (χ2n) is 6.42. The molecule has 7 nitrogen and oxygen atoms in total. The average molecular weight is 369 g/mol. The van der Waals surface area contributed by atoms with Gasteiger partial charge in [0.05, 0.1) is 26.0 Å². The lowest BCUT2D eigenvalue weighted by Crippen LogP contribution is -2.45. The highest BCUT2D eigenvalue weighted by Crippen LogP contribution is 2.16. The van der Waals surface area contributed by atoms with E-state index >= 15 is 0 Å². The highest BCUT2D eigenvalue weighted by molar-refractivity contribution is 7.88. The monoisotopic (exact) mass is 369 g/mol. The normalized spacial score (nSPS) is 16.2. The van der Waals surface area contributed by atoms with E-state index in [4.69, 9.17) is 4.74 Å². The van der Waals surface area contributed by atoms with Gasteiger partial charge in [-0.2, -0.15) is 4.31 Å². The van der Waals surface area contributed by atoms with Gasteiger partial charge in [-0.3, -0.25) is 9.69 Å². The highest BCUT2D eigenvalue weighted by atomic mass is 32.2. The zero-order chi connectivity index (χ0) is 18.4. The Bertz CT molecular complexity index is 700. The van der Waals surface area contributed by atoms with E-state index in [1.807, 2.05) is 32.0 Å². The van der Waals surface area contributed by atoms with Crippen LogP contribution in [-0.4, -0.2) is 75.7 Å². The van der Waals surface area contributed by atoms with E-state index in [1.165, 1.54) is 4.31 Å². The van der Waals surface area contributed by atoms with E-state index in [-0.39, 0.29) is 12.5 Å². The van der Waals surface area contributed by atoms with Crippen molar-refractivity contribution in [2.75, 3.05) is 57.5 Å². The lowest BCUT2D eigenvalue weighted by atomic mass is 10.1. The summed E-state index contributed by atoms with van der Waals surface area (Å²) in [4.78, 5) is 14.4. The maximum absolute atomic E-state index is 12.3. The van der Waals surface area contributed by atoms with Crippen LogP contribution in [0.4, 0.5) is 5.69 Å². The summed E-state index contributed by atoms with van der Waals surface area (Å²) in [6, 6.07) is 5.72. The van der Waals surface area contributed by atoms with Gasteiger partial charge in [0.1, 0.15) is 0 Å². The number of carbonyl (C=O) groups excluding carboxylic acids is 1. The van der Waals surface area contributed by atoms with Crippen molar-refractivity contribution in [1.82, 2.24) is 9.21 Å². The summed E-state index contributed by atoms with van der Waals surface area (Å²) >= 11 is 0. The Morgan fingerprint density at radius 2 is 1.96 bits per heavy atom. The maximum Gasteiger partial charge on any atom is 0.239 e.